The maximum absolute atomic E-state index is 12.4. The summed E-state index contributed by atoms with van der Waals surface area (Å²) in [5.74, 6) is -0.0405. The van der Waals surface area contributed by atoms with Gasteiger partial charge in [-0.3, -0.25) is 4.79 Å². The Morgan fingerprint density at radius 1 is 1.39 bits per heavy atom. The summed E-state index contributed by atoms with van der Waals surface area (Å²) < 4.78 is 12.4. The Kier molecular flexibility index (Phi) is 5.39. The highest BCUT2D eigenvalue weighted by atomic mass is 79.9. The molecule has 5 heteroatoms. The van der Waals surface area contributed by atoms with Crippen LogP contribution >= 0.6 is 15.9 Å². The zero-order valence-electron chi connectivity index (χ0n) is 13.5. The van der Waals surface area contributed by atoms with Crippen LogP contribution in [0.4, 0.5) is 0 Å². The van der Waals surface area contributed by atoms with Crippen LogP contribution in [0, 0.1) is 0 Å². The molecule has 1 aromatic carbocycles. The van der Waals surface area contributed by atoms with Crippen LogP contribution in [0.1, 0.15) is 44.6 Å². The molecule has 0 bridgehead atoms. The molecule has 3 rings (SSSR count). The highest BCUT2D eigenvalue weighted by molar-refractivity contribution is 9.10. The number of hydrogen-bond donors (Lipinski definition) is 1. The number of rotatable bonds is 6. The lowest BCUT2D eigenvalue weighted by atomic mass is 10.0. The monoisotopic (exact) mass is 381 g/mol. The Morgan fingerprint density at radius 3 is 2.74 bits per heavy atom. The third-order valence-electron chi connectivity index (χ3n) is 4.68. The van der Waals surface area contributed by atoms with Gasteiger partial charge < -0.3 is 14.8 Å². The highest BCUT2D eigenvalue weighted by Crippen LogP contribution is 2.45. The zero-order chi connectivity index (χ0) is 16.3. The van der Waals surface area contributed by atoms with E-state index in [9.17, 15) is 4.79 Å². The third kappa shape index (κ3) is 4.34. The van der Waals surface area contributed by atoms with Gasteiger partial charge in [-0.05, 0) is 56.7 Å². The second-order valence-electron chi connectivity index (χ2n) is 6.54. The van der Waals surface area contributed by atoms with E-state index in [4.69, 9.17) is 9.47 Å². The lowest BCUT2D eigenvalue weighted by molar-refractivity contribution is -0.136. The van der Waals surface area contributed by atoms with Crippen molar-refractivity contribution in [2.45, 2.75) is 56.8 Å². The number of carbonyl (C=O) groups is 1. The SMILES string of the molecule is CC(OCC1CCCCO1)C(=O)NC1(c2ccc(Br)cc2)CC1. The summed E-state index contributed by atoms with van der Waals surface area (Å²) >= 11 is 3.45. The van der Waals surface area contributed by atoms with Crippen molar-refractivity contribution in [2.24, 2.45) is 0 Å². The molecule has 2 atom stereocenters. The largest absolute Gasteiger partial charge is 0.376 e. The highest BCUT2D eigenvalue weighted by Gasteiger charge is 2.46. The number of amides is 1. The fraction of sp³-hybridized carbons (Fsp3) is 0.611. The van der Waals surface area contributed by atoms with Crippen molar-refractivity contribution in [3.63, 3.8) is 0 Å². The molecule has 0 aromatic heterocycles. The molecule has 1 N–H and O–H groups in total. The van der Waals surface area contributed by atoms with Gasteiger partial charge in [-0.2, -0.15) is 0 Å². The molecular formula is C18H24BrNO3. The minimum Gasteiger partial charge on any atom is -0.376 e. The van der Waals surface area contributed by atoms with Gasteiger partial charge in [-0.15, -0.1) is 0 Å². The van der Waals surface area contributed by atoms with Crippen LogP contribution in [0.15, 0.2) is 28.7 Å². The van der Waals surface area contributed by atoms with Gasteiger partial charge in [0.25, 0.3) is 0 Å². The van der Waals surface area contributed by atoms with E-state index >= 15 is 0 Å². The van der Waals surface area contributed by atoms with Crippen LogP contribution in [0.2, 0.25) is 0 Å². The summed E-state index contributed by atoms with van der Waals surface area (Å²) in [6, 6.07) is 8.17. The summed E-state index contributed by atoms with van der Waals surface area (Å²) in [5.41, 5.74) is 0.966. The summed E-state index contributed by atoms with van der Waals surface area (Å²) in [6.45, 7) is 3.12. The molecule has 126 valence electrons. The molecule has 2 fully saturated rings. The van der Waals surface area contributed by atoms with E-state index in [0.717, 1.165) is 42.3 Å². The van der Waals surface area contributed by atoms with Crippen LogP contribution in [-0.2, 0) is 19.8 Å². The van der Waals surface area contributed by atoms with Gasteiger partial charge in [-0.25, -0.2) is 0 Å². The summed E-state index contributed by atoms with van der Waals surface area (Å²) in [5, 5.41) is 3.17. The molecule has 1 aromatic rings. The van der Waals surface area contributed by atoms with Crippen LogP contribution < -0.4 is 5.32 Å². The minimum absolute atomic E-state index is 0.0405. The van der Waals surface area contributed by atoms with Gasteiger partial charge >= 0.3 is 0 Å². The Morgan fingerprint density at radius 2 is 2.13 bits per heavy atom. The predicted molar refractivity (Wildman–Crippen MR) is 92.2 cm³/mol. The second-order valence-corrected chi connectivity index (χ2v) is 7.46. The summed E-state index contributed by atoms with van der Waals surface area (Å²) in [7, 11) is 0. The average molecular weight is 382 g/mol. The lowest BCUT2D eigenvalue weighted by Gasteiger charge is -2.25. The van der Waals surface area contributed by atoms with E-state index in [1.54, 1.807) is 0 Å². The fourth-order valence-electron chi connectivity index (χ4n) is 2.98. The van der Waals surface area contributed by atoms with Gasteiger partial charge in [0.15, 0.2) is 0 Å². The van der Waals surface area contributed by atoms with Crippen LogP contribution in [0.25, 0.3) is 0 Å². The van der Waals surface area contributed by atoms with Gasteiger partial charge in [0, 0.05) is 11.1 Å². The van der Waals surface area contributed by atoms with E-state index in [0.29, 0.717) is 6.61 Å². The molecule has 2 unspecified atom stereocenters. The zero-order valence-corrected chi connectivity index (χ0v) is 15.1. The van der Waals surface area contributed by atoms with Crippen molar-refractivity contribution in [2.75, 3.05) is 13.2 Å². The van der Waals surface area contributed by atoms with Crippen molar-refractivity contribution < 1.29 is 14.3 Å². The van der Waals surface area contributed by atoms with E-state index in [1.165, 1.54) is 6.42 Å². The number of benzene rings is 1. The molecule has 1 amide bonds. The molecule has 1 aliphatic heterocycles. The number of ether oxygens (including phenoxy) is 2. The molecule has 23 heavy (non-hydrogen) atoms. The lowest BCUT2D eigenvalue weighted by Crippen LogP contribution is -2.42. The molecule has 4 nitrogen and oxygen atoms in total. The van der Waals surface area contributed by atoms with E-state index in [2.05, 4.69) is 33.4 Å². The Balaban J connectivity index is 1.50. The van der Waals surface area contributed by atoms with Gasteiger partial charge in [0.05, 0.1) is 18.2 Å². The van der Waals surface area contributed by atoms with Crippen LogP contribution in [-0.4, -0.2) is 31.3 Å². The van der Waals surface area contributed by atoms with Crippen molar-refractivity contribution in [1.82, 2.24) is 5.32 Å². The Labute approximate surface area is 146 Å². The number of hydrogen-bond acceptors (Lipinski definition) is 3. The fourth-order valence-corrected chi connectivity index (χ4v) is 3.25. The summed E-state index contributed by atoms with van der Waals surface area (Å²) in [4.78, 5) is 12.4. The van der Waals surface area contributed by atoms with Crippen molar-refractivity contribution in [3.8, 4) is 0 Å². The molecule has 0 radical (unpaired) electrons. The average Bonchev–Trinajstić information content (AvgIpc) is 3.34. The first-order chi connectivity index (χ1) is 11.1. The molecular weight excluding hydrogens is 358 g/mol. The van der Waals surface area contributed by atoms with E-state index in [1.807, 2.05) is 19.1 Å². The van der Waals surface area contributed by atoms with Crippen LogP contribution in [0.3, 0.4) is 0 Å². The predicted octanol–water partition coefficient (Wildman–Crippen LogP) is 3.53. The molecule has 1 aliphatic carbocycles. The topological polar surface area (TPSA) is 47.6 Å². The maximum Gasteiger partial charge on any atom is 0.249 e. The summed E-state index contributed by atoms with van der Waals surface area (Å²) in [6.07, 6.45) is 4.99. The Hall–Kier alpha value is -0.910. The van der Waals surface area contributed by atoms with Gasteiger partial charge in [0.2, 0.25) is 5.91 Å². The first-order valence-corrected chi connectivity index (χ1v) is 9.20. The Bertz CT molecular complexity index is 536. The first-order valence-electron chi connectivity index (χ1n) is 8.40. The smallest absolute Gasteiger partial charge is 0.249 e. The van der Waals surface area contributed by atoms with Gasteiger partial charge in [0.1, 0.15) is 6.10 Å². The standard InChI is InChI=1S/C18H24BrNO3/c1-13(23-12-16-4-2-3-11-22-16)17(21)20-18(9-10-18)14-5-7-15(19)8-6-14/h5-8,13,16H,2-4,9-12H2,1H3,(H,20,21). The maximum atomic E-state index is 12.4. The van der Waals surface area contributed by atoms with Crippen molar-refractivity contribution in [1.29, 1.82) is 0 Å². The second kappa shape index (κ2) is 7.32. The number of nitrogens with one attached hydrogen (secondary N) is 1. The molecule has 2 aliphatic rings. The number of carbonyl (C=O) groups excluding carboxylic acids is 1. The minimum atomic E-state index is -0.451. The normalized spacial score (nSPS) is 24.0. The molecule has 1 saturated heterocycles. The van der Waals surface area contributed by atoms with Crippen molar-refractivity contribution >= 4 is 21.8 Å². The number of halogens is 1. The van der Waals surface area contributed by atoms with Gasteiger partial charge in [-0.1, -0.05) is 28.1 Å². The molecule has 1 heterocycles. The molecule has 1 saturated carbocycles. The van der Waals surface area contributed by atoms with E-state index < -0.39 is 6.10 Å². The first kappa shape index (κ1) is 16.9. The third-order valence-corrected chi connectivity index (χ3v) is 5.21. The van der Waals surface area contributed by atoms with Crippen LogP contribution in [0.5, 0.6) is 0 Å². The van der Waals surface area contributed by atoms with Crippen molar-refractivity contribution in [3.05, 3.63) is 34.3 Å². The van der Waals surface area contributed by atoms with E-state index in [-0.39, 0.29) is 17.6 Å². The molecule has 0 spiro atoms. The quantitative estimate of drug-likeness (QED) is 0.819.